The summed E-state index contributed by atoms with van der Waals surface area (Å²) in [6.07, 6.45) is -7.76. The number of benzene rings is 1. The maximum Gasteiger partial charge on any atom is 0.315 e. The molecule has 1 nitrogen and oxygen atoms in total. The van der Waals surface area contributed by atoms with Crippen LogP contribution >= 0.6 is 0 Å². The minimum atomic E-state index is -5.80. The van der Waals surface area contributed by atoms with Gasteiger partial charge in [-0.1, -0.05) is 0 Å². The van der Waals surface area contributed by atoms with Crippen LogP contribution in [0.25, 0.3) is 0 Å². The van der Waals surface area contributed by atoms with Crippen LogP contribution in [0.2, 0.25) is 0 Å². The molecule has 1 N–H and O–H groups in total. The fraction of sp³-hybridized carbons (Fsp3) is 0.455. The van der Waals surface area contributed by atoms with Crippen LogP contribution in [0, 0.1) is 29.1 Å². The molecule has 1 aromatic carbocycles. The zero-order chi connectivity index (χ0) is 17.6. The van der Waals surface area contributed by atoms with E-state index in [9.17, 15) is 43.9 Å². The summed E-state index contributed by atoms with van der Waals surface area (Å²) in [5.41, 5.74) is -3.04. The summed E-state index contributed by atoms with van der Waals surface area (Å²) in [7, 11) is 0. The first-order valence-corrected chi connectivity index (χ1v) is 5.37. The van der Waals surface area contributed by atoms with Crippen LogP contribution in [-0.2, 0) is 5.92 Å². The zero-order valence-corrected chi connectivity index (χ0v) is 10.4. The van der Waals surface area contributed by atoms with Gasteiger partial charge in [0.2, 0.25) is 12.0 Å². The Hall–Kier alpha value is -1.52. The Bertz CT molecular complexity index is 554. The zero-order valence-electron chi connectivity index (χ0n) is 10.4. The van der Waals surface area contributed by atoms with E-state index in [4.69, 9.17) is 5.11 Å². The first kappa shape index (κ1) is 18.5. The molecule has 0 saturated heterocycles. The van der Waals surface area contributed by atoms with Gasteiger partial charge in [0.15, 0.2) is 23.3 Å². The van der Waals surface area contributed by atoms with Crippen molar-refractivity contribution in [3.63, 3.8) is 0 Å². The number of hydrogen-bond donors (Lipinski definition) is 1. The van der Waals surface area contributed by atoms with Gasteiger partial charge in [-0.15, -0.1) is 0 Å². The monoisotopic (exact) mass is 344 g/mol. The van der Waals surface area contributed by atoms with Crippen molar-refractivity contribution >= 4 is 0 Å². The Morgan fingerprint density at radius 1 is 0.773 bits per heavy atom. The Kier molecular flexibility index (Phi) is 4.71. The first-order chi connectivity index (χ1) is 9.77. The summed E-state index contributed by atoms with van der Waals surface area (Å²) in [4.78, 5) is 0. The molecule has 0 bridgehead atoms. The van der Waals surface area contributed by atoms with E-state index >= 15 is 0 Å². The Morgan fingerprint density at radius 3 is 1.41 bits per heavy atom. The lowest BCUT2D eigenvalue weighted by molar-refractivity contribution is -0.223. The third kappa shape index (κ3) is 2.61. The lowest BCUT2D eigenvalue weighted by Crippen LogP contribution is -2.49. The van der Waals surface area contributed by atoms with Crippen LogP contribution in [-0.4, -0.2) is 23.3 Å². The van der Waals surface area contributed by atoms with E-state index in [0.29, 0.717) is 0 Å². The molecule has 0 amide bonds. The highest BCUT2D eigenvalue weighted by molar-refractivity contribution is 5.29. The van der Waals surface area contributed by atoms with E-state index in [1.54, 1.807) is 0 Å². The van der Waals surface area contributed by atoms with Crippen molar-refractivity contribution in [3.05, 3.63) is 34.6 Å². The minimum absolute atomic E-state index is 0.196. The predicted octanol–water partition coefficient (Wildman–Crippen LogP) is 3.83. The fourth-order valence-corrected chi connectivity index (χ4v) is 1.48. The maximum absolute atomic E-state index is 13.5. The number of alkyl halides is 5. The van der Waals surface area contributed by atoms with Crippen molar-refractivity contribution in [1.82, 2.24) is 0 Å². The average molecular weight is 344 g/mol. The topological polar surface area (TPSA) is 20.2 Å². The van der Waals surface area contributed by atoms with E-state index < -0.39 is 58.8 Å². The smallest absolute Gasteiger partial charge is 0.315 e. The van der Waals surface area contributed by atoms with Crippen molar-refractivity contribution in [2.45, 2.75) is 31.0 Å². The lowest BCUT2D eigenvalue weighted by atomic mass is 9.95. The van der Waals surface area contributed by atoms with Gasteiger partial charge in [0.25, 0.3) is 0 Å². The molecule has 11 heteroatoms. The second-order valence-electron chi connectivity index (χ2n) is 4.28. The number of hydrogen-bond acceptors (Lipinski definition) is 1. The third-order valence-corrected chi connectivity index (χ3v) is 2.76. The van der Waals surface area contributed by atoms with Gasteiger partial charge >= 0.3 is 11.8 Å². The summed E-state index contributed by atoms with van der Waals surface area (Å²) in [5, 5.41) is 8.53. The molecule has 0 spiro atoms. The second kappa shape index (κ2) is 5.60. The molecule has 0 aliphatic rings. The van der Waals surface area contributed by atoms with E-state index in [1.807, 2.05) is 0 Å². The fourth-order valence-electron chi connectivity index (χ4n) is 1.48. The molecule has 22 heavy (non-hydrogen) atoms. The van der Waals surface area contributed by atoms with Crippen LogP contribution in [0.15, 0.2) is 0 Å². The van der Waals surface area contributed by atoms with E-state index in [-0.39, 0.29) is 6.92 Å². The van der Waals surface area contributed by atoms with Crippen molar-refractivity contribution in [2.24, 2.45) is 0 Å². The van der Waals surface area contributed by atoms with Crippen molar-refractivity contribution in [1.29, 1.82) is 0 Å². The van der Waals surface area contributed by atoms with Crippen LogP contribution in [0.4, 0.5) is 43.9 Å². The molecule has 1 rings (SSSR count). The SMILES string of the molecule is CC(O)C(F)(F)C(F)C(F)(F)c1c(F)c(F)c(F)c(F)c1F. The van der Waals surface area contributed by atoms with Crippen molar-refractivity contribution < 1.29 is 49.0 Å². The molecule has 126 valence electrons. The number of rotatable bonds is 4. The Labute approximate surface area is 116 Å². The van der Waals surface area contributed by atoms with E-state index in [1.165, 1.54) is 0 Å². The van der Waals surface area contributed by atoms with Crippen LogP contribution in [0.5, 0.6) is 0 Å². The predicted molar refractivity (Wildman–Crippen MR) is 51.6 cm³/mol. The van der Waals surface area contributed by atoms with Gasteiger partial charge in [-0.25, -0.2) is 35.1 Å². The summed E-state index contributed by atoms with van der Waals surface area (Å²) in [5.74, 6) is -25.8. The minimum Gasteiger partial charge on any atom is -0.387 e. The number of halogens is 10. The standard InChI is InChI=1S/C11H6F10O/c1-2(22)10(18,19)9(17)11(20,21)3-4(12)6(14)8(16)7(15)5(3)13/h2,9,22H,1H3. The molecular weight excluding hydrogens is 338 g/mol. The molecule has 0 saturated carbocycles. The molecule has 0 aliphatic carbocycles. The summed E-state index contributed by atoms with van der Waals surface area (Å²) >= 11 is 0. The lowest BCUT2D eigenvalue weighted by Gasteiger charge is -2.29. The van der Waals surface area contributed by atoms with Gasteiger partial charge in [0.05, 0.1) is 0 Å². The van der Waals surface area contributed by atoms with E-state index in [2.05, 4.69) is 0 Å². The van der Waals surface area contributed by atoms with Crippen molar-refractivity contribution in [3.8, 4) is 0 Å². The summed E-state index contributed by atoms with van der Waals surface area (Å²) in [6.45, 7) is 0.196. The second-order valence-corrected chi connectivity index (χ2v) is 4.28. The molecule has 2 unspecified atom stereocenters. The largest absolute Gasteiger partial charge is 0.387 e. The molecule has 1 aromatic rings. The van der Waals surface area contributed by atoms with Gasteiger partial charge in [0, 0.05) is 0 Å². The molecule has 0 aromatic heterocycles. The summed E-state index contributed by atoms with van der Waals surface area (Å²) < 4.78 is 131. The normalized spacial score (nSPS) is 15.8. The van der Waals surface area contributed by atoms with Gasteiger partial charge in [-0.2, -0.15) is 8.78 Å². The highest BCUT2D eigenvalue weighted by Crippen LogP contribution is 2.45. The number of aliphatic hydroxyl groups excluding tert-OH is 1. The summed E-state index contributed by atoms with van der Waals surface area (Å²) in [6, 6.07) is 0. The highest BCUT2D eigenvalue weighted by Gasteiger charge is 2.61. The Balaban J connectivity index is 3.60. The van der Waals surface area contributed by atoms with Gasteiger partial charge in [-0.3, -0.25) is 0 Å². The molecule has 0 aliphatic heterocycles. The van der Waals surface area contributed by atoms with Crippen LogP contribution < -0.4 is 0 Å². The quantitative estimate of drug-likeness (QED) is 0.500. The van der Waals surface area contributed by atoms with Crippen LogP contribution in [0.1, 0.15) is 12.5 Å². The van der Waals surface area contributed by atoms with Gasteiger partial charge in [-0.05, 0) is 6.92 Å². The van der Waals surface area contributed by atoms with Crippen LogP contribution in [0.3, 0.4) is 0 Å². The molecule has 0 heterocycles. The maximum atomic E-state index is 13.5. The third-order valence-electron chi connectivity index (χ3n) is 2.76. The average Bonchev–Trinajstić information content (AvgIpc) is 2.41. The highest BCUT2D eigenvalue weighted by atomic mass is 19.3. The van der Waals surface area contributed by atoms with Gasteiger partial charge < -0.3 is 5.11 Å². The molecule has 0 radical (unpaired) electrons. The Morgan fingerprint density at radius 2 is 1.09 bits per heavy atom. The molecular formula is C11H6F10O. The molecule has 2 atom stereocenters. The molecule has 0 fully saturated rings. The van der Waals surface area contributed by atoms with Gasteiger partial charge in [0.1, 0.15) is 11.7 Å². The number of aliphatic hydroxyl groups is 1. The van der Waals surface area contributed by atoms with Crippen molar-refractivity contribution in [2.75, 3.05) is 0 Å². The first-order valence-electron chi connectivity index (χ1n) is 5.37. The van der Waals surface area contributed by atoms with E-state index in [0.717, 1.165) is 0 Å².